The number of carbonyl (C=O) groups is 3. The zero-order valence-corrected chi connectivity index (χ0v) is 14.0. The van der Waals surface area contributed by atoms with Crippen LogP contribution in [-0.2, 0) is 4.79 Å². The van der Waals surface area contributed by atoms with Crippen LogP contribution in [0.15, 0.2) is 48.5 Å². The van der Waals surface area contributed by atoms with E-state index in [4.69, 9.17) is 11.6 Å². The van der Waals surface area contributed by atoms with E-state index in [1.165, 1.54) is 0 Å². The molecule has 3 rings (SSSR count). The Hall–Kier alpha value is -2.86. The number of nitrogens with one attached hydrogen (secondary N) is 2. The summed E-state index contributed by atoms with van der Waals surface area (Å²) in [7, 11) is 0. The Bertz CT molecular complexity index is 838. The molecule has 1 fully saturated rings. The van der Waals surface area contributed by atoms with Crippen molar-refractivity contribution >= 4 is 35.0 Å². The Kier molecular flexibility index (Phi) is 5.00. The predicted molar refractivity (Wildman–Crippen MR) is 94.4 cm³/mol. The van der Waals surface area contributed by atoms with Gasteiger partial charge in [0, 0.05) is 13.0 Å². The van der Waals surface area contributed by atoms with Crippen LogP contribution in [0.5, 0.6) is 0 Å². The molecule has 0 saturated carbocycles. The number of amides is 3. The summed E-state index contributed by atoms with van der Waals surface area (Å²) >= 11 is 5.96. The summed E-state index contributed by atoms with van der Waals surface area (Å²) in [5.41, 5.74) is 5.82. The average Bonchev–Trinajstić information content (AvgIpc) is 3.05. The van der Waals surface area contributed by atoms with Crippen molar-refractivity contribution in [3.05, 3.63) is 64.7 Å². The molecular weight excluding hydrogens is 342 g/mol. The highest BCUT2D eigenvalue weighted by molar-refractivity contribution is 6.33. The number of nitrogens with zero attached hydrogens (tertiary/aromatic N) is 1. The number of hydrogen-bond acceptors (Lipinski definition) is 3. The van der Waals surface area contributed by atoms with Crippen molar-refractivity contribution in [3.8, 4) is 0 Å². The quantitative estimate of drug-likeness (QED) is 0.828. The minimum Gasteiger partial charge on any atom is -0.312 e. The number of benzene rings is 2. The highest BCUT2D eigenvalue weighted by Crippen LogP contribution is 2.25. The highest BCUT2D eigenvalue weighted by atomic mass is 35.5. The summed E-state index contributed by atoms with van der Waals surface area (Å²) in [5.74, 6) is -1.04. The molecule has 1 aliphatic rings. The summed E-state index contributed by atoms with van der Waals surface area (Å²) < 4.78 is 0. The zero-order valence-electron chi connectivity index (χ0n) is 13.3. The molecule has 7 heteroatoms. The van der Waals surface area contributed by atoms with Crippen LogP contribution < -0.4 is 15.8 Å². The number of hydrogen-bond donors (Lipinski definition) is 2. The predicted octanol–water partition coefficient (Wildman–Crippen LogP) is 2.54. The molecule has 0 radical (unpaired) electrons. The van der Waals surface area contributed by atoms with Gasteiger partial charge in [0.25, 0.3) is 11.8 Å². The highest BCUT2D eigenvalue weighted by Gasteiger charge is 2.25. The van der Waals surface area contributed by atoms with Crippen LogP contribution in [0.4, 0.5) is 5.69 Å². The Labute approximate surface area is 149 Å². The molecule has 1 aliphatic heterocycles. The van der Waals surface area contributed by atoms with Crippen molar-refractivity contribution in [2.24, 2.45) is 0 Å². The van der Waals surface area contributed by atoms with Crippen LogP contribution in [0.1, 0.15) is 33.6 Å². The molecule has 6 nitrogen and oxygen atoms in total. The van der Waals surface area contributed by atoms with E-state index in [9.17, 15) is 14.4 Å². The van der Waals surface area contributed by atoms with Crippen LogP contribution >= 0.6 is 11.6 Å². The number of halogens is 1. The second-order valence-electron chi connectivity index (χ2n) is 5.55. The zero-order chi connectivity index (χ0) is 17.8. The maximum absolute atomic E-state index is 12.5. The van der Waals surface area contributed by atoms with E-state index in [1.54, 1.807) is 53.4 Å². The lowest BCUT2D eigenvalue weighted by molar-refractivity contribution is -0.117. The van der Waals surface area contributed by atoms with Gasteiger partial charge in [-0.05, 0) is 30.7 Å². The third-order valence-electron chi connectivity index (χ3n) is 3.92. The molecule has 0 bridgehead atoms. The first-order valence-corrected chi connectivity index (χ1v) is 8.20. The molecule has 1 saturated heterocycles. The van der Waals surface area contributed by atoms with Gasteiger partial charge in [0.2, 0.25) is 5.91 Å². The largest absolute Gasteiger partial charge is 0.312 e. The topological polar surface area (TPSA) is 78.5 Å². The van der Waals surface area contributed by atoms with E-state index in [0.29, 0.717) is 24.2 Å². The van der Waals surface area contributed by atoms with E-state index in [1.807, 2.05) is 0 Å². The first-order valence-electron chi connectivity index (χ1n) is 7.82. The lowest BCUT2D eigenvalue weighted by Gasteiger charge is -2.19. The first kappa shape index (κ1) is 17.0. The van der Waals surface area contributed by atoms with Crippen molar-refractivity contribution in [2.45, 2.75) is 12.8 Å². The van der Waals surface area contributed by atoms with E-state index >= 15 is 0 Å². The standard InChI is InChI=1S/C18H16ClN3O3/c19-14-8-3-1-6-12(14)17(24)20-21-18(25)13-7-2-4-9-15(13)22-11-5-10-16(22)23/h1-4,6-9H,5,10-11H2,(H,20,24)(H,21,25). The van der Waals surface area contributed by atoms with Crippen LogP contribution in [0.3, 0.4) is 0 Å². The Morgan fingerprint density at radius 2 is 1.52 bits per heavy atom. The van der Waals surface area contributed by atoms with Gasteiger partial charge >= 0.3 is 0 Å². The van der Waals surface area contributed by atoms with Gasteiger partial charge in [0.05, 0.1) is 21.8 Å². The van der Waals surface area contributed by atoms with Crippen LogP contribution in [-0.4, -0.2) is 24.3 Å². The molecule has 0 unspecified atom stereocenters. The van der Waals surface area contributed by atoms with Crippen LogP contribution in [0, 0.1) is 0 Å². The summed E-state index contributed by atoms with van der Waals surface area (Å²) in [6, 6.07) is 13.3. The molecular formula is C18H16ClN3O3. The third-order valence-corrected chi connectivity index (χ3v) is 4.25. The number of anilines is 1. The number of para-hydroxylation sites is 1. The molecule has 0 atom stereocenters. The lowest BCUT2D eigenvalue weighted by atomic mass is 10.1. The van der Waals surface area contributed by atoms with Gasteiger partial charge in [-0.25, -0.2) is 0 Å². The summed E-state index contributed by atoms with van der Waals surface area (Å²) in [5, 5.41) is 0.289. The lowest BCUT2D eigenvalue weighted by Crippen LogP contribution is -2.42. The summed E-state index contributed by atoms with van der Waals surface area (Å²) in [4.78, 5) is 38.1. The monoisotopic (exact) mass is 357 g/mol. The van der Waals surface area contributed by atoms with Crippen molar-refractivity contribution in [1.82, 2.24) is 10.9 Å². The number of rotatable bonds is 3. The normalized spacial score (nSPS) is 13.6. The second kappa shape index (κ2) is 7.36. The fraction of sp³-hybridized carbons (Fsp3) is 0.167. The van der Waals surface area contributed by atoms with Crippen molar-refractivity contribution in [3.63, 3.8) is 0 Å². The van der Waals surface area contributed by atoms with Gasteiger partial charge < -0.3 is 4.90 Å². The van der Waals surface area contributed by atoms with Gasteiger partial charge in [-0.2, -0.15) is 0 Å². The van der Waals surface area contributed by atoms with E-state index in [2.05, 4.69) is 10.9 Å². The molecule has 2 aromatic carbocycles. The molecule has 0 aromatic heterocycles. The van der Waals surface area contributed by atoms with Gasteiger partial charge in [-0.15, -0.1) is 0 Å². The maximum atomic E-state index is 12.5. The van der Waals surface area contributed by atoms with E-state index in [-0.39, 0.29) is 16.5 Å². The van der Waals surface area contributed by atoms with Gasteiger partial charge in [0.15, 0.2) is 0 Å². The van der Waals surface area contributed by atoms with Crippen LogP contribution in [0.25, 0.3) is 0 Å². The number of carbonyl (C=O) groups excluding carboxylic acids is 3. The first-order chi connectivity index (χ1) is 12.1. The van der Waals surface area contributed by atoms with Gasteiger partial charge in [0.1, 0.15) is 0 Å². The van der Waals surface area contributed by atoms with Crippen LogP contribution in [0.2, 0.25) is 5.02 Å². The molecule has 128 valence electrons. The molecule has 3 amide bonds. The van der Waals surface area contributed by atoms with E-state index < -0.39 is 11.8 Å². The number of hydrazine groups is 1. The fourth-order valence-corrected chi connectivity index (χ4v) is 2.92. The third kappa shape index (κ3) is 3.64. The van der Waals surface area contributed by atoms with Crippen molar-refractivity contribution < 1.29 is 14.4 Å². The maximum Gasteiger partial charge on any atom is 0.271 e. The molecule has 1 heterocycles. The fourth-order valence-electron chi connectivity index (χ4n) is 2.70. The SMILES string of the molecule is O=C(NNC(=O)c1ccccc1N1CCCC1=O)c1ccccc1Cl. The Morgan fingerprint density at radius 3 is 2.16 bits per heavy atom. The Balaban J connectivity index is 1.73. The average molecular weight is 358 g/mol. The summed E-state index contributed by atoms with van der Waals surface area (Å²) in [6.07, 6.45) is 1.23. The summed E-state index contributed by atoms with van der Waals surface area (Å²) in [6.45, 7) is 0.578. The minimum absolute atomic E-state index is 0.0136. The van der Waals surface area contributed by atoms with Gasteiger partial charge in [-0.1, -0.05) is 35.9 Å². The smallest absolute Gasteiger partial charge is 0.271 e. The molecule has 25 heavy (non-hydrogen) atoms. The molecule has 2 aromatic rings. The van der Waals surface area contributed by atoms with E-state index in [0.717, 1.165) is 6.42 Å². The molecule has 2 N–H and O–H groups in total. The Morgan fingerprint density at radius 1 is 0.920 bits per heavy atom. The minimum atomic E-state index is -0.520. The van der Waals surface area contributed by atoms with Crippen molar-refractivity contribution in [1.29, 1.82) is 0 Å². The molecule has 0 spiro atoms. The second-order valence-corrected chi connectivity index (χ2v) is 5.96. The van der Waals surface area contributed by atoms with Gasteiger partial charge in [-0.3, -0.25) is 25.2 Å². The molecule has 0 aliphatic carbocycles. The van der Waals surface area contributed by atoms with Crippen molar-refractivity contribution in [2.75, 3.05) is 11.4 Å².